The topological polar surface area (TPSA) is 96.5 Å². The van der Waals surface area contributed by atoms with Crippen molar-refractivity contribution in [2.75, 3.05) is 56.7 Å². The summed E-state index contributed by atoms with van der Waals surface area (Å²) in [6, 6.07) is 14.6. The van der Waals surface area contributed by atoms with Crippen molar-refractivity contribution in [1.82, 2.24) is 4.31 Å². The number of halogens is 3. The molecule has 3 aromatic carbocycles. The van der Waals surface area contributed by atoms with E-state index in [0.717, 1.165) is 26.8 Å². The first-order valence-corrected chi connectivity index (χ1v) is 14.9. The average Bonchev–Trinajstić information content (AvgIpc) is 2.96. The van der Waals surface area contributed by atoms with E-state index in [2.05, 4.69) is 0 Å². The zero-order valence-corrected chi connectivity index (χ0v) is 23.6. The standard InChI is InChI=1S/C26H28F3N3O6S2/c1-30(20-7-9-21(37-2)10-8-20)39(33,34)23-11-12-25(38-3)24(18-23)31-13-15-32(16-14-31)40(35,36)22-6-4-5-19(17-22)26(27,28)29/h4-12,17-18H,13-16H2,1-3H3. The Morgan fingerprint density at radius 3 is 2.02 bits per heavy atom. The summed E-state index contributed by atoms with van der Waals surface area (Å²) in [5, 5.41) is 0. The third kappa shape index (κ3) is 5.83. The second-order valence-corrected chi connectivity index (χ2v) is 12.8. The van der Waals surface area contributed by atoms with Crippen LogP contribution < -0.4 is 18.7 Å². The molecule has 3 aromatic rings. The van der Waals surface area contributed by atoms with E-state index in [9.17, 15) is 30.0 Å². The van der Waals surface area contributed by atoms with E-state index in [1.54, 1.807) is 29.2 Å². The second kappa shape index (κ2) is 11.2. The molecule has 0 saturated carbocycles. The lowest BCUT2D eigenvalue weighted by molar-refractivity contribution is -0.137. The van der Waals surface area contributed by atoms with Crippen LogP contribution in [0.5, 0.6) is 11.5 Å². The molecule has 0 radical (unpaired) electrons. The van der Waals surface area contributed by atoms with Gasteiger partial charge in [-0.2, -0.15) is 17.5 Å². The molecule has 1 heterocycles. The van der Waals surface area contributed by atoms with Gasteiger partial charge in [0, 0.05) is 33.2 Å². The van der Waals surface area contributed by atoms with Crippen LogP contribution >= 0.6 is 0 Å². The van der Waals surface area contributed by atoms with Crippen molar-refractivity contribution in [3.8, 4) is 11.5 Å². The first-order valence-electron chi connectivity index (χ1n) is 12.0. The van der Waals surface area contributed by atoms with Crippen LogP contribution in [0.1, 0.15) is 5.56 Å². The van der Waals surface area contributed by atoms with E-state index in [-0.39, 0.29) is 31.1 Å². The Morgan fingerprint density at radius 1 is 0.800 bits per heavy atom. The van der Waals surface area contributed by atoms with Crippen LogP contribution in [0.15, 0.2) is 76.5 Å². The molecule has 1 fully saturated rings. The number of piperazine rings is 1. The minimum Gasteiger partial charge on any atom is -0.497 e. The highest BCUT2D eigenvalue weighted by molar-refractivity contribution is 7.92. The summed E-state index contributed by atoms with van der Waals surface area (Å²) >= 11 is 0. The molecule has 14 heteroatoms. The van der Waals surface area contributed by atoms with Gasteiger partial charge in [0.2, 0.25) is 10.0 Å². The van der Waals surface area contributed by atoms with Gasteiger partial charge in [-0.05, 0) is 60.7 Å². The Labute approximate surface area is 231 Å². The fraction of sp³-hybridized carbons (Fsp3) is 0.308. The minimum atomic E-state index is -4.67. The summed E-state index contributed by atoms with van der Waals surface area (Å²) in [5.74, 6) is 0.968. The molecule has 0 bridgehead atoms. The van der Waals surface area contributed by atoms with Crippen LogP contribution in [-0.2, 0) is 26.2 Å². The number of nitrogens with zero attached hydrogens (tertiary/aromatic N) is 3. The molecule has 216 valence electrons. The van der Waals surface area contributed by atoms with Gasteiger partial charge in [0.15, 0.2) is 0 Å². The minimum absolute atomic E-state index is 0.000588. The van der Waals surface area contributed by atoms with Crippen LogP contribution in [0, 0.1) is 0 Å². The fourth-order valence-corrected chi connectivity index (χ4v) is 7.00. The lowest BCUT2D eigenvalue weighted by Crippen LogP contribution is -2.48. The van der Waals surface area contributed by atoms with E-state index in [4.69, 9.17) is 9.47 Å². The van der Waals surface area contributed by atoms with Crippen molar-refractivity contribution in [3.63, 3.8) is 0 Å². The maximum absolute atomic E-state index is 13.4. The number of hydrogen-bond donors (Lipinski definition) is 0. The fourth-order valence-electron chi connectivity index (χ4n) is 4.32. The van der Waals surface area contributed by atoms with Crippen LogP contribution in [0.4, 0.5) is 24.5 Å². The smallest absolute Gasteiger partial charge is 0.416 e. The third-order valence-corrected chi connectivity index (χ3v) is 10.3. The van der Waals surface area contributed by atoms with E-state index >= 15 is 0 Å². The number of alkyl halides is 3. The Bertz CT molecular complexity index is 1570. The van der Waals surface area contributed by atoms with Crippen LogP contribution in [0.25, 0.3) is 0 Å². The number of benzene rings is 3. The number of anilines is 2. The second-order valence-electron chi connectivity index (χ2n) is 8.92. The molecular weight excluding hydrogens is 571 g/mol. The maximum atomic E-state index is 13.4. The molecule has 1 aliphatic rings. The Morgan fingerprint density at radius 2 is 1.45 bits per heavy atom. The van der Waals surface area contributed by atoms with Gasteiger partial charge in [-0.15, -0.1) is 0 Å². The van der Waals surface area contributed by atoms with Crippen molar-refractivity contribution in [3.05, 3.63) is 72.3 Å². The summed E-state index contributed by atoms with van der Waals surface area (Å²) in [5.41, 5.74) is -0.177. The summed E-state index contributed by atoms with van der Waals surface area (Å²) in [6.07, 6.45) is -4.67. The molecule has 40 heavy (non-hydrogen) atoms. The lowest BCUT2D eigenvalue weighted by atomic mass is 10.2. The summed E-state index contributed by atoms with van der Waals surface area (Å²) in [6.45, 7) is 0.271. The largest absolute Gasteiger partial charge is 0.497 e. The highest BCUT2D eigenvalue weighted by Gasteiger charge is 2.34. The Balaban J connectivity index is 1.56. The van der Waals surface area contributed by atoms with E-state index in [1.807, 2.05) is 0 Å². The van der Waals surface area contributed by atoms with Crippen molar-refractivity contribution in [2.45, 2.75) is 16.0 Å². The van der Waals surface area contributed by atoms with Crippen molar-refractivity contribution >= 4 is 31.4 Å². The predicted molar refractivity (Wildman–Crippen MR) is 144 cm³/mol. The number of rotatable bonds is 8. The van der Waals surface area contributed by atoms with Crippen molar-refractivity contribution in [2.24, 2.45) is 0 Å². The number of ether oxygens (including phenoxy) is 2. The summed E-state index contributed by atoms with van der Waals surface area (Å²) in [4.78, 5) is 1.34. The quantitative estimate of drug-likeness (QED) is 0.385. The molecule has 4 rings (SSSR count). The van der Waals surface area contributed by atoms with Crippen molar-refractivity contribution in [1.29, 1.82) is 0 Å². The maximum Gasteiger partial charge on any atom is 0.416 e. The van der Waals surface area contributed by atoms with Crippen molar-refractivity contribution < 1.29 is 39.5 Å². The SMILES string of the molecule is COc1ccc(N(C)S(=O)(=O)c2ccc(OC)c(N3CCN(S(=O)(=O)c4cccc(C(F)(F)F)c4)CC3)c2)cc1. The highest BCUT2D eigenvalue weighted by atomic mass is 32.2. The molecule has 1 aliphatic heterocycles. The predicted octanol–water partition coefficient (Wildman–Crippen LogP) is 4.06. The first kappa shape index (κ1) is 29.5. The lowest BCUT2D eigenvalue weighted by Gasteiger charge is -2.36. The molecule has 0 atom stereocenters. The number of sulfonamides is 2. The third-order valence-electron chi connectivity index (χ3n) is 6.62. The normalized spacial score (nSPS) is 15.1. The molecule has 0 aromatic heterocycles. The van der Waals surface area contributed by atoms with Gasteiger partial charge in [0.1, 0.15) is 11.5 Å². The van der Waals surface area contributed by atoms with Gasteiger partial charge >= 0.3 is 6.18 Å². The highest BCUT2D eigenvalue weighted by Crippen LogP contribution is 2.35. The first-order chi connectivity index (χ1) is 18.8. The molecule has 1 saturated heterocycles. The van der Waals surface area contributed by atoms with Crippen LogP contribution in [0.2, 0.25) is 0 Å². The van der Waals surface area contributed by atoms with E-state index in [1.165, 1.54) is 39.5 Å². The van der Waals surface area contributed by atoms with Crippen LogP contribution in [0.3, 0.4) is 0 Å². The number of hydrogen-bond acceptors (Lipinski definition) is 7. The molecule has 0 N–H and O–H groups in total. The average molecular weight is 600 g/mol. The van der Waals surface area contributed by atoms with Gasteiger partial charge in [-0.1, -0.05) is 6.07 Å². The molecule has 0 aliphatic carbocycles. The van der Waals surface area contributed by atoms with Gasteiger partial charge in [-0.25, -0.2) is 16.8 Å². The van der Waals surface area contributed by atoms with Gasteiger partial charge in [-0.3, -0.25) is 4.31 Å². The van der Waals surface area contributed by atoms with E-state index in [0.29, 0.717) is 28.9 Å². The molecule has 9 nitrogen and oxygen atoms in total. The Hall–Kier alpha value is -3.49. The molecular formula is C26H28F3N3O6S2. The monoisotopic (exact) mass is 599 g/mol. The van der Waals surface area contributed by atoms with Gasteiger partial charge < -0.3 is 14.4 Å². The molecule has 0 spiro atoms. The Kier molecular flexibility index (Phi) is 8.24. The zero-order valence-electron chi connectivity index (χ0n) is 21.9. The zero-order chi connectivity index (χ0) is 29.3. The van der Waals surface area contributed by atoms with E-state index < -0.39 is 36.7 Å². The summed E-state index contributed by atoms with van der Waals surface area (Å²) in [7, 11) is -3.78. The van der Waals surface area contributed by atoms with Gasteiger partial charge in [0.25, 0.3) is 10.0 Å². The van der Waals surface area contributed by atoms with Crippen LogP contribution in [-0.4, -0.2) is 68.6 Å². The molecule has 0 unspecified atom stereocenters. The molecule has 0 amide bonds. The summed E-state index contributed by atoms with van der Waals surface area (Å²) < 4.78 is 105. The number of methoxy groups -OCH3 is 2. The van der Waals surface area contributed by atoms with Gasteiger partial charge in [0.05, 0.1) is 40.9 Å².